The number of benzene rings is 2. The summed E-state index contributed by atoms with van der Waals surface area (Å²) < 4.78 is 12.2. The smallest absolute Gasteiger partial charge is 0.410 e. The van der Waals surface area contributed by atoms with Crippen LogP contribution in [0.5, 0.6) is 11.5 Å². The third kappa shape index (κ3) is 5.92. The van der Waals surface area contributed by atoms with E-state index in [1.54, 1.807) is 28.0 Å². The minimum Gasteiger partial charge on any atom is -0.508 e. The Morgan fingerprint density at radius 2 is 1.76 bits per heavy atom. The topological polar surface area (TPSA) is 79.3 Å². The number of nitrogens with zero attached hydrogens (tertiary/aromatic N) is 2. The van der Waals surface area contributed by atoms with Crippen LogP contribution in [-0.4, -0.2) is 64.3 Å². The standard InChI is InChI=1S/C30H38N2O5/c1-6-31(7-2)27(34)22-11-9-21(10-12-22)25-20-30(36-26-14-13-23(33)19-24(25)26)15-8-17-32(18-16-30)28(35)37-29(3,4)5/h9-14,19-20,33H,6-8,15-18H2,1-5H3. The van der Waals surface area contributed by atoms with E-state index in [1.807, 2.05) is 58.9 Å². The first-order valence-corrected chi connectivity index (χ1v) is 13.2. The van der Waals surface area contributed by atoms with Crippen molar-refractivity contribution in [3.05, 3.63) is 65.2 Å². The largest absolute Gasteiger partial charge is 0.508 e. The zero-order valence-corrected chi connectivity index (χ0v) is 22.5. The fourth-order valence-corrected chi connectivity index (χ4v) is 5.02. The zero-order chi connectivity index (χ0) is 26.8. The molecule has 0 aromatic heterocycles. The van der Waals surface area contributed by atoms with Crippen LogP contribution >= 0.6 is 0 Å². The first kappa shape index (κ1) is 26.6. The van der Waals surface area contributed by atoms with E-state index in [-0.39, 0.29) is 17.7 Å². The molecule has 0 aliphatic carbocycles. The van der Waals surface area contributed by atoms with Crippen LogP contribution in [0.25, 0.3) is 5.57 Å². The molecule has 7 heteroatoms. The second-order valence-corrected chi connectivity index (χ2v) is 10.8. The number of rotatable bonds is 4. The number of phenolic OH excluding ortho intramolecular Hbond substituents is 1. The lowest BCUT2D eigenvalue weighted by atomic mass is 9.84. The summed E-state index contributed by atoms with van der Waals surface area (Å²) >= 11 is 0. The van der Waals surface area contributed by atoms with Crippen LogP contribution in [0.3, 0.4) is 0 Å². The van der Waals surface area contributed by atoms with Gasteiger partial charge in [0.25, 0.3) is 5.91 Å². The number of amides is 2. The third-order valence-electron chi connectivity index (χ3n) is 6.95. The van der Waals surface area contributed by atoms with Gasteiger partial charge in [0.15, 0.2) is 0 Å². The molecule has 1 N–H and O–H groups in total. The van der Waals surface area contributed by atoms with Gasteiger partial charge in [-0.05, 0) is 95.0 Å². The third-order valence-corrected chi connectivity index (χ3v) is 6.95. The predicted molar refractivity (Wildman–Crippen MR) is 144 cm³/mol. The van der Waals surface area contributed by atoms with Crippen LogP contribution in [0.1, 0.15) is 75.4 Å². The second kappa shape index (κ2) is 10.5. The molecule has 1 unspecified atom stereocenters. The molecule has 7 nitrogen and oxygen atoms in total. The number of aromatic hydroxyl groups is 1. The van der Waals surface area contributed by atoms with Crippen molar-refractivity contribution in [2.75, 3.05) is 26.2 Å². The molecule has 0 radical (unpaired) electrons. The van der Waals surface area contributed by atoms with E-state index in [0.29, 0.717) is 43.9 Å². The van der Waals surface area contributed by atoms with Gasteiger partial charge in [0, 0.05) is 43.7 Å². The molecular formula is C30H38N2O5. The monoisotopic (exact) mass is 506 g/mol. The fraction of sp³-hybridized carbons (Fsp3) is 0.467. The number of hydrogen-bond donors (Lipinski definition) is 1. The number of likely N-dealkylation sites (tertiary alicyclic amines) is 1. The number of phenols is 1. The summed E-state index contributed by atoms with van der Waals surface area (Å²) in [4.78, 5) is 29.1. The van der Waals surface area contributed by atoms with E-state index in [1.165, 1.54) is 0 Å². The van der Waals surface area contributed by atoms with Gasteiger partial charge in [-0.25, -0.2) is 4.79 Å². The predicted octanol–water partition coefficient (Wildman–Crippen LogP) is 5.86. The molecule has 37 heavy (non-hydrogen) atoms. The fourth-order valence-electron chi connectivity index (χ4n) is 5.02. The van der Waals surface area contributed by atoms with Crippen molar-refractivity contribution < 1.29 is 24.2 Å². The van der Waals surface area contributed by atoms with Gasteiger partial charge in [0.1, 0.15) is 22.7 Å². The van der Waals surface area contributed by atoms with E-state index in [9.17, 15) is 14.7 Å². The summed E-state index contributed by atoms with van der Waals surface area (Å²) in [5, 5.41) is 10.2. The number of carbonyl (C=O) groups is 2. The Morgan fingerprint density at radius 1 is 1.05 bits per heavy atom. The summed E-state index contributed by atoms with van der Waals surface area (Å²) in [6.07, 6.45) is 3.97. The highest BCUT2D eigenvalue weighted by atomic mass is 16.6. The van der Waals surface area contributed by atoms with Gasteiger partial charge < -0.3 is 24.4 Å². The Balaban J connectivity index is 1.66. The normalized spacial score (nSPS) is 19.4. The lowest BCUT2D eigenvalue weighted by molar-refractivity contribution is 0.0242. The molecule has 2 aromatic carbocycles. The van der Waals surface area contributed by atoms with Gasteiger partial charge in [-0.3, -0.25) is 4.79 Å². The number of fused-ring (bicyclic) bond motifs is 1. The summed E-state index contributed by atoms with van der Waals surface area (Å²) in [7, 11) is 0. The van der Waals surface area contributed by atoms with E-state index in [2.05, 4.69) is 6.08 Å². The second-order valence-electron chi connectivity index (χ2n) is 10.8. The lowest BCUT2D eigenvalue weighted by Gasteiger charge is -2.37. The maximum Gasteiger partial charge on any atom is 0.410 e. The summed E-state index contributed by atoms with van der Waals surface area (Å²) in [5.74, 6) is 0.872. The van der Waals surface area contributed by atoms with Crippen molar-refractivity contribution >= 4 is 17.6 Å². The molecule has 2 aliphatic rings. The summed E-state index contributed by atoms with van der Waals surface area (Å²) in [6, 6.07) is 12.8. The van der Waals surface area contributed by atoms with Crippen LogP contribution in [0.4, 0.5) is 4.79 Å². The van der Waals surface area contributed by atoms with Crippen molar-refractivity contribution in [3.8, 4) is 11.5 Å². The van der Waals surface area contributed by atoms with E-state index in [0.717, 1.165) is 29.5 Å². The van der Waals surface area contributed by atoms with Crippen LogP contribution in [-0.2, 0) is 4.74 Å². The van der Waals surface area contributed by atoms with E-state index >= 15 is 0 Å². The van der Waals surface area contributed by atoms with Crippen molar-refractivity contribution in [3.63, 3.8) is 0 Å². The molecule has 1 saturated heterocycles. The highest BCUT2D eigenvalue weighted by Gasteiger charge is 2.39. The van der Waals surface area contributed by atoms with E-state index in [4.69, 9.17) is 9.47 Å². The molecular weight excluding hydrogens is 468 g/mol. The molecule has 0 saturated carbocycles. The van der Waals surface area contributed by atoms with Crippen LogP contribution < -0.4 is 4.74 Å². The van der Waals surface area contributed by atoms with Crippen LogP contribution in [0.15, 0.2) is 48.5 Å². The van der Waals surface area contributed by atoms with Crippen molar-refractivity contribution in [1.29, 1.82) is 0 Å². The molecule has 2 amide bonds. The van der Waals surface area contributed by atoms with Gasteiger partial charge in [0.05, 0.1) is 0 Å². The molecule has 4 rings (SSSR count). The Labute approximate surface area is 219 Å². The molecule has 0 bridgehead atoms. The molecule has 2 aliphatic heterocycles. The molecule has 2 aromatic rings. The van der Waals surface area contributed by atoms with Gasteiger partial charge in [-0.2, -0.15) is 0 Å². The van der Waals surface area contributed by atoms with Crippen molar-refractivity contribution in [1.82, 2.24) is 9.80 Å². The molecule has 1 fully saturated rings. The number of carbonyl (C=O) groups excluding carboxylic acids is 2. The Morgan fingerprint density at radius 3 is 2.41 bits per heavy atom. The zero-order valence-electron chi connectivity index (χ0n) is 22.5. The molecule has 1 spiro atoms. The quantitative estimate of drug-likeness (QED) is 0.562. The average molecular weight is 507 g/mol. The first-order chi connectivity index (χ1) is 17.5. The summed E-state index contributed by atoms with van der Waals surface area (Å²) in [6.45, 7) is 12.0. The molecule has 2 heterocycles. The van der Waals surface area contributed by atoms with Gasteiger partial charge in [0.2, 0.25) is 0 Å². The number of ether oxygens (including phenoxy) is 2. The van der Waals surface area contributed by atoms with Crippen LogP contribution in [0.2, 0.25) is 0 Å². The summed E-state index contributed by atoms with van der Waals surface area (Å²) in [5.41, 5.74) is 2.21. The first-order valence-electron chi connectivity index (χ1n) is 13.2. The minimum absolute atomic E-state index is 0.0121. The Hall–Kier alpha value is -3.48. The minimum atomic E-state index is -0.591. The SMILES string of the molecule is CCN(CC)C(=O)c1ccc(C2=CC3(CCCN(C(=O)OC(C)(C)C)CC3)Oc3ccc(O)cc32)cc1. The van der Waals surface area contributed by atoms with Gasteiger partial charge in [-0.1, -0.05) is 12.1 Å². The van der Waals surface area contributed by atoms with Crippen molar-refractivity contribution in [2.24, 2.45) is 0 Å². The number of hydrogen-bond acceptors (Lipinski definition) is 5. The Kier molecular flexibility index (Phi) is 7.53. The van der Waals surface area contributed by atoms with Gasteiger partial charge in [-0.15, -0.1) is 0 Å². The van der Waals surface area contributed by atoms with E-state index < -0.39 is 11.2 Å². The highest BCUT2D eigenvalue weighted by molar-refractivity contribution is 5.95. The highest BCUT2D eigenvalue weighted by Crippen LogP contribution is 2.44. The van der Waals surface area contributed by atoms with Crippen LogP contribution in [0, 0.1) is 0 Å². The maximum absolute atomic E-state index is 12.8. The maximum atomic E-state index is 12.8. The molecule has 1 atom stereocenters. The Bertz CT molecular complexity index is 1180. The van der Waals surface area contributed by atoms with Gasteiger partial charge >= 0.3 is 6.09 Å². The lowest BCUT2D eigenvalue weighted by Crippen LogP contribution is -2.40. The average Bonchev–Trinajstić information content (AvgIpc) is 3.06. The van der Waals surface area contributed by atoms with Crippen molar-refractivity contribution in [2.45, 2.75) is 65.1 Å². The molecule has 198 valence electrons.